The van der Waals surface area contributed by atoms with E-state index in [0.29, 0.717) is 23.3 Å². The van der Waals surface area contributed by atoms with Crippen LogP contribution in [0.2, 0.25) is 0 Å². The molecule has 4 heterocycles. The summed E-state index contributed by atoms with van der Waals surface area (Å²) in [6, 6.07) is 5.64. The van der Waals surface area contributed by atoms with Crippen molar-refractivity contribution in [2.24, 2.45) is 0 Å². The molecule has 136 valence electrons. The second kappa shape index (κ2) is 7.41. The number of nitrogens with zero attached hydrogens (tertiary/aromatic N) is 4. The summed E-state index contributed by atoms with van der Waals surface area (Å²) in [6.45, 7) is 4.11. The monoisotopic (exact) mass is 372 g/mol. The van der Waals surface area contributed by atoms with E-state index in [9.17, 15) is 4.79 Å². The Kier molecular flexibility index (Phi) is 4.83. The Balaban J connectivity index is 1.58. The van der Waals surface area contributed by atoms with Crippen molar-refractivity contribution in [3.05, 3.63) is 42.2 Å². The zero-order valence-corrected chi connectivity index (χ0v) is 15.4. The number of furan rings is 2. The van der Waals surface area contributed by atoms with Gasteiger partial charge in [0, 0.05) is 13.1 Å². The minimum absolute atomic E-state index is 0.154. The molecule has 0 bridgehead atoms. The van der Waals surface area contributed by atoms with Crippen LogP contribution in [0.1, 0.15) is 24.4 Å². The lowest BCUT2D eigenvalue weighted by Crippen LogP contribution is -2.29. The number of aromatic nitrogens is 3. The molecule has 7 nitrogen and oxygen atoms in total. The van der Waals surface area contributed by atoms with Crippen molar-refractivity contribution in [2.45, 2.75) is 31.5 Å². The van der Waals surface area contributed by atoms with Gasteiger partial charge >= 0.3 is 0 Å². The molecule has 0 aromatic carbocycles. The third-order valence-electron chi connectivity index (χ3n) is 4.49. The molecule has 0 spiro atoms. The lowest BCUT2D eigenvalue weighted by molar-refractivity contribution is -0.127. The number of carbonyl (C=O) groups excluding carboxylic acids is 1. The Morgan fingerprint density at radius 2 is 2.04 bits per heavy atom. The van der Waals surface area contributed by atoms with Gasteiger partial charge in [-0.1, -0.05) is 11.8 Å². The number of rotatable bonds is 6. The van der Waals surface area contributed by atoms with Crippen molar-refractivity contribution in [1.82, 2.24) is 19.7 Å². The van der Waals surface area contributed by atoms with Crippen LogP contribution < -0.4 is 0 Å². The first-order valence-corrected chi connectivity index (χ1v) is 9.61. The Morgan fingerprint density at radius 1 is 1.19 bits per heavy atom. The molecular formula is C18H20N4O3S. The summed E-state index contributed by atoms with van der Waals surface area (Å²) in [5, 5.41) is 9.35. The van der Waals surface area contributed by atoms with Crippen LogP contribution in [0.4, 0.5) is 0 Å². The van der Waals surface area contributed by atoms with Gasteiger partial charge in [0.15, 0.2) is 11.0 Å². The van der Waals surface area contributed by atoms with E-state index in [0.717, 1.165) is 43.0 Å². The highest BCUT2D eigenvalue weighted by Crippen LogP contribution is 2.28. The molecule has 1 saturated heterocycles. The summed E-state index contributed by atoms with van der Waals surface area (Å²) < 4.78 is 12.9. The molecule has 1 aliphatic rings. The fourth-order valence-electron chi connectivity index (χ4n) is 3.10. The van der Waals surface area contributed by atoms with E-state index in [4.69, 9.17) is 8.83 Å². The zero-order chi connectivity index (χ0) is 17.9. The van der Waals surface area contributed by atoms with Crippen LogP contribution in [-0.4, -0.2) is 44.4 Å². The van der Waals surface area contributed by atoms with E-state index >= 15 is 0 Å². The van der Waals surface area contributed by atoms with Gasteiger partial charge < -0.3 is 13.7 Å². The molecule has 0 atom stereocenters. The third-order valence-corrected chi connectivity index (χ3v) is 5.45. The molecule has 3 aromatic rings. The van der Waals surface area contributed by atoms with Crippen LogP contribution in [0, 0.1) is 6.92 Å². The maximum atomic E-state index is 12.4. The molecule has 3 aromatic heterocycles. The molecule has 1 aliphatic heterocycles. The summed E-state index contributed by atoms with van der Waals surface area (Å²) in [7, 11) is 0. The highest BCUT2D eigenvalue weighted by atomic mass is 32.2. The first-order chi connectivity index (χ1) is 12.7. The molecule has 4 rings (SSSR count). The largest absolute Gasteiger partial charge is 0.469 e. The number of likely N-dealkylation sites (tertiary alicyclic amines) is 1. The fraction of sp³-hybridized carbons (Fsp3) is 0.389. The summed E-state index contributed by atoms with van der Waals surface area (Å²) in [4.78, 5) is 14.3. The topological polar surface area (TPSA) is 77.3 Å². The van der Waals surface area contributed by atoms with Gasteiger partial charge in [0.2, 0.25) is 5.91 Å². The van der Waals surface area contributed by atoms with E-state index in [1.165, 1.54) is 11.8 Å². The van der Waals surface area contributed by atoms with Gasteiger partial charge in [-0.15, -0.1) is 10.2 Å². The second-order valence-corrected chi connectivity index (χ2v) is 7.18. The van der Waals surface area contributed by atoms with E-state index in [2.05, 4.69) is 10.2 Å². The van der Waals surface area contributed by atoms with Crippen molar-refractivity contribution < 1.29 is 13.6 Å². The first kappa shape index (κ1) is 17.0. The van der Waals surface area contributed by atoms with Gasteiger partial charge in [-0.3, -0.25) is 9.36 Å². The third kappa shape index (κ3) is 3.41. The fourth-order valence-corrected chi connectivity index (χ4v) is 3.94. The maximum absolute atomic E-state index is 12.4. The van der Waals surface area contributed by atoms with Gasteiger partial charge in [-0.05, 0) is 38.0 Å². The minimum Gasteiger partial charge on any atom is -0.469 e. The molecule has 0 N–H and O–H groups in total. The number of thioether (sulfide) groups is 1. The number of hydrogen-bond donors (Lipinski definition) is 0. The Bertz CT molecular complexity index is 878. The number of carbonyl (C=O) groups is 1. The van der Waals surface area contributed by atoms with Crippen LogP contribution in [0.25, 0.3) is 11.4 Å². The lowest BCUT2D eigenvalue weighted by atomic mass is 10.2. The van der Waals surface area contributed by atoms with Crippen molar-refractivity contribution in [1.29, 1.82) is 0 Å². The van der Waals surface area contributed by atoms with Crippen LogP contribution in [-0.2, 0) is 11.3 Å². The molecule has 1 amide bonds. The van der Waals surface area contributed by atoms with Gasteiger partial charge in [0.25, 0.3) is 0 Å². The molecule has 0 unspecified atom stereocenters. The second-order valence-electron chi connectivity index (χ2n) is 6.24. The van der Waals surface area contributed by atoms with Gasteiger partial charge in [-0.2, -0.15) is 0 Å². The predicted molar refractivity (Wildman–Crippen MR) is 96.8 cm³/mol. The highest BCUT2D eigenvalue weighted by molar-refractivity contribution is 7.99. The molecule has 0 radical (unpaired) electrons. The van der Waals surface area contributed by atoms with E-state index in [-0.39, 0.29) is 5.91 Å². The Hall–Kier alpha value is -2.48. The van der Waals surface area contributed by atoms with Gasteiger partial charge in [0.1, 0.15) is 11.5 Å². The Labute approximate surface area is 155 Å². The quantitative estimate of drug-likeness (QED) is 0.619. The van der Waals surface area contributed by atoms with Crippen LogP contribution in [0.3, 0.4) is 0 Å². The first-order valence-electron chi connectivity index (χ1n) is 8.63. The van der Waals surface area contributed by atoms with Crippen molar-refractivity contribution >= 4 is 17.7 Å². The smallest absolute Gasteiger partial charge is 0.233 e. The standard InChI is InChI=1S/C18H20N4O3S/c1-13-15(6-10-24-13)17-19-20-18(22(17)11-14-5-4-9-25-14)26-12-16(23)21-7-2-3-8-21/h4-6,9-10H,2-3,7-8,11-12H2,1H3. The van der Waals surface area contributed by atoms with Crippen molar-refractivity contribution in [3.63, 3.8) is 0 Å². The predicted octanol–water partition coefficient (Wildman–Crippen LogP) is 3.20. The lowest BCUT2D eigenvalue weighted by Gasteiger charge is -2.14. The highest BCUT2D eigenvalue weighted by Gasteiger charge is 2.22. The molecular weight excluding hydrogens is 352 g/mol. The minimum atomic E-state index is 0.154. The van der Waals surface area contributed by atoms with E-state index in [1.54, 1.807) is 12.5 Å². The Morgan fingerprint density at radius 3 is 2.73 bits per heavy atom. The van der Waals surface area contributed by atoms with Crippen LogP contribution >= 0.6 is 11.8 Å². The average molecular weight is 372 g/mol. The summed E-state index contributed by atoms with van der Waals surface area (Å²) in [5.41, 5.74) is 0.891. The van der Waals surface area contributed by atoms with Gasteiger partial charge in [0.05, 0.1) is 30.4 Å². The number of hydrogen-bond acceptors (Lipinski definition) is 6. The average Bonchev–Trinajstić information content (AvgIpc) is 3.42. The van der Waals surface area contributed by atoms with E-state index < -0.39 is 0 Å². The molecule has 26 heavy (non-hydrogen) atoms. The maximum Gasteiger partial charge on any atom is 0.233 e. The molecule has 0 saturated carbocycles. The molecule has 8 heteroatoms. The summed E-state index contributed by atoms with van der Waals surface area (Å²) in [5.74, 6) is 2.81. The van der Waals surface area contributed by atoms with E-state index in [1.807, 2.05) is 34.6 Å². The number of aryl methyl sites for hydroxylation is 1. The summed E-state index contributed by atoms with van der Waals surface area (Å²) in [6.07, 6.45) is 5.47. The molecule has 0 aliphatic carbocycles. The number of amides is 1. The van der Waals surface area contributed by atoms with Crippen LogP contribution in [0.5, 0.6) is 0 Å². The normalized spacial score (nSPS) is 14.3. The van der Waals surface area contributed by atoms with Crippen molar-refractivity contribution in [3.8, 4) is 11.4 Å². The van der Waals surface area contributed by atoms with Crippen molar-refractivity contribution in [2.75, 3.05) is 18.8 Å². The summed E-state index contributed by atoms with van der Waals surface area (Å²) >= 11 is 1.41. The van der Waals surface area contributed by atoms with Gasteiger partial charge in [-0.25, -0.2) is 0 Å². The molecule has 1 fully saturated rings. The zero-order valence-electron chi connectivity index (χ0n) is 14.6. The van der Waals surface area contributed by atoms with Crippen LogP contribution in [0.15, 0.2) is 44.7 Å². The SMILES string of the molecule is Cc1occc1-c1nnc(SCC(=O)N2CCCC2)n1Cc1ccco1.